The number of hydrogen-bond donors (Lipinski definition) is 1. The maximum absolute atomic E-state index is 11.7. The second-order valence-electron chi connectivity index (χ2n) is 3.51. The van der Waals surface area contributed by atoms with Crippen LogP contribution in [0.3, 0.4) is 0 Å². The maximum atomic E-state index is 11.7. The Morgan fingerprint density at radius 1 is 1.25 bits per heavy atom. The van der Waals surface area contributed by atoms with Crippen LogP contribution < -0.4 is 5.32 Å². The number of anilines is 1. The fourth-order valence-corrected chi connectivity index (χ4v) is 1.35. The number of ether oxygens (including phenoxy) is 2. The molecule has 0 bridgehead atoms. The zero-order valence-electron chi connectivity index (χ0n) is 11.2. The smallest absolute Gasteiger partial charge is 0.347 e. The molecule has 1 aromatic rings. The number of aromatic nitrogens is 1. The quantitative estimate of drug-likeness (QED) is 0.285. The normalized spacial score (nSPS) is 9.55. The molecule has 1 heterocycles. The van der Waals surface area contributed by atoms with E-state index >= 15 is 0 Å². The molecule has 0 fully saturated rings. The van der Waals surface area contributed by atoms with E-state index in [1.807, 2.05) is 0 Å². The molecular formula is C13H15ClN2O4. The number of halogens is 1. The van der Waals surface area contributed by atoms with Crippen molar-refractivity contribution in [3.8, 4) is 0 Å². The fourth-order valence-electron chi connectivity index (χ4n) is 1.24. The molecule has 0 saturated carbocycles. The molecule has 1 aromatic heterocycles. The topological polar surface area (TPSA) is 77.5 Å². The van der Waals surface area contributed by atoms with Crippen LogP contribution in [0.25, 0.3) is 0 Å². The van der Waals surface area contributed by atoms with Gasteiger partial charge in [0.15, 0.2) is 5.57 Å². The van der Waals surface area contributed by atoms with Crippen LogP contribution in [0.2, 0.25) is 5.15 Å². The van der Waals surface area contributed by atoms with Gasteiger partial charge in [-0.25, -0.2) is 14.6 Å². The van der Waals surface area contributed by atoms with Crippen molar-refractivity contribution < 1.29 is 19.1 Å². The van der Waals surface area contributed by atoms with Gasteiger partial charge in [0.05, 0.1) is 25.1 Å². The molecule has 0 unspecified atom stereocenters. The van der Waals surface area contributed by atoms with Crippen molar-refractivity contribution in [2.24, 2.45) is 0 Å². The Labute approximate surface area is 121 Å². The zero-order valence-corrected chi connectivity index (χ0v) is 11.9. The summed E-state index contributed by atoms with van der Waals surface area (Å²) in [6.45, 7) is 3.63. The van der Waals surface area contributed by atoms with E-state index in [1.165, 1.54) is 12.4 Å². The Balaban J connectivity index is 2.86. The molecular weight excluding hydrogens is 284 g/mol. The summed E-state index contributed by atoms with van der Waals surface area (Å²) in [5.74, 6) is -1.50. The Morgan fingerprint density at radius 2 is 1.85 bits per heavy atom. The summed E-state index contributed by atoms with van der Waals surface area (Å²) in [5.41, 5.74) is 0.351. The van der Waals surface area contributed by atoms with E-state index in [0.717, 1.165) is 0 Å². The molecule has 0 saturated heterocycles. The van der Waals surface area contributed by atoms with Crippen molar-refractivity contribution >= 4 is 29.2 Å². The lowest BCUT2D eigenvalue weighted by Crippen LogP contribution is -2.19. The average Bonchev–Trinajstić information content (AvgIpc) is 2.42. The summed E-state index contributed by atoms with van der Waals surface area (Å²) in [4.78, 5) is 27.2. The summed E-state index contributed by atoms with van der Waals surface area (Å²) in [7, 11) is 0. The molecule has 1 N–H and O–H groups in total. The van der Waals surface area contributed by atoms with Crippen LogP contribution in [0.1, 0.15) is 13.8 Å². The minimum atomic E-state index is -0.750. The van der Waals surface area contributed by atoms with Crippen molar-refractivity contribution in [2.45, 2.75) is 13.8 Å². The Hall–Kier alpha value is -2.08. The van der Waals surface area contributed by atoms with Crippen LogP contribution in [0.15, 0.2) is 30.1 Å². The van der Waals surface area contributed by atoms with Gasteiger partial charge in [-0.1, -0.05) is 11.6 Å². The van der Waals surface area contributed by atoms with Crippen LogP contribution >= 0.6 is 11.6 Å². The Bertz CT molecular complexity index is 480. The van der Waals surface area contributed by atoms with Crippen LogP contribution in [-0.2, 0) is 19.1 Å². The lowest BCUT2D eigenvalue weighted by atomic mass is 10.3. The molecule has 108 valence electrons. The standard InChI is InChI=1S/C13H15ClN2O4/c1-3-19-12(17)10(13(18)20-4-2)8-15-9-5-6-11(14)16-7-9/h5-8,15H,3-4H2,1-2H3. The number of pyridine rings is 1. The summed E-state index contributed by atoms with van der Waals surface area (Å²) < 4.78 is 9.59. The molecule has 1 rings (SSSR count). The first-order valence-corrected chi connectivity index (χ1v) is 6.38. The van der Waals surface area contributed by atoms with Gasteiger partial charge >= 0.3 is 11.9 Å². The summed E-state index contributed by atoms with van der Waals surface area (Å²) in [6.07, 6.45) is 2.69. The second kappa shape index (κ2) is 8.16. The predicted molar refractivity (Wildman–Crippen MR) is 74.2 cm³/mol. The van der Waals surface area contributed by atoms with Crippen molar-refractivity contribution in [1.82, 2.24) is 4.98 Å². The first-order chi connectivity index (χ1) is 9.58. The van der Waals surface area contributed by atoms with Gasteiger partial charge in [-0.15, -0.1) is 0 Å². The SMILES string of the molecule is CCOC(=O)C(=CNc1ccc(Cl)nc1)C(=O)OCC. The molecule has 0 amide bonds. The summed E-state index contributed by atoms with van der Waals surface area (Å²) in [6, 6.07) is 3.23. The van der Waals surface area contributed by atoms with Crippen LogP contribution in [0, 0.1) is 0 Å². The molecule has 0 atom stereocenters. The number of esters is 2. The van der Waals surface area contributed by atoms with Gasteiger partial charge < -0.3 is 14.8 Å². The minimum absolute atomic E-state index is 0.165. The highest BCUT2D eigenvalue weighted by Crippen LogP contribution is 2.11. The van der Waals surface area contributed by atoms with Gasteiger partial charge in [0, 0.05) is 6.20 Å². The molecule has 0 aliphatic rings. The second-order valence-corrected chi connectivity index (χ2v) is 3.90. The van der Waals surface area contributed by atoms with Crippen LogP contribution in [0.4, 0.5) is 5.69 Å². The number of nitrogens with zero attached hydrogens (tertiary/aromatic N) is 1. The van der Waals surface area contributed by atoms with Gasteiger partial charge in [-0.05, 0) is 26.0 Å². The van der Waals surface area contributed by atoms with Crippen molar-refractivity contribution in [1.29, 1.82) is 0 Å². The highest BCUT2D eigenvalue weighted by molar-refractivity contribution is 6.29. The molecule has 20 heavy (non-hydrogen) atoms. The molecule has 6 nitrogen and oxygen atoms in total. The molecule has 0 aromatic carbocycles. The highest BCUT2D eigenvalue weighted by atomic mass is 35.5. The Morgan fingerprint density at radius 3 is 2.30 bits per heavy atom. The van der Waals surface area contributed by atoms with Crippen LogP contribution in [0.5, 0.6) is 0 Å². The van der Waals surface area contributed by atoms with E-state index in [1.54, 1.807) is 26.0 Å². The maximum Gasteiger partial charge on any atom is 0.347 e. The van der Waals surface area contributed by atoms with E-state index < -0.39 is 11.9 Å². The van der Waals surface area contributed by atoms with E-state index in [0.29, 0.717) is 10.8 Å². The van der Waals surface area contributed by atoms with Crippen LogP contribution in [-0.4, -0.2) is 30.1 Å². The number of carbonyl (C=O) groups is 2. The molecule has 0 aliphatic carbocycles. The third-order valence-electron chi connectivity index (χ3n) is 2.10. The van der Waals surface area contributed by atoms with Gasteiger partial charge in [0.2, 0.25) is 0 Å². The third-order valence-corrected chi connectivity index (χ3v) is 2.32. The monoisotopic (exact) mass is 298 g/mol. The molecule has 7 heteroatoms. The molecule has 0 radical (unpaired) electrons. The molecule has 0 spiro atoms. The van der Waals surface area contributed by atoms with Crippen molar-refractivity contribution in [3.63, 3.8) is 0 Å². The number of rotatable bonds is 6. The number of carbonyl (C=O) groups excluding carboxylic acids is 2. The van der Waals surface area contributed by atoms with Gasteiger partial charge in [-0.3, -0.25) is 0 Å². The minimum Gasteiger partial charge on any atom is -0.462 e. The van der Waals surface area contributed by atoms with Crippen molar-refractivity contribution in [3.05, 3.63) is 35.3 Å². The third kappa shape index (κ3) is 4.89. The molecule has 0 aliphatic heterocycles. The summed E-state index contributed by atoms with van der Waals surface area (Å²) in [5, 5.41) is 3.11. The first-order valence-electron chi connectivity index (χ1n) is 6.01. The first kappa shape index (κ1) is 16.0. The average molecular weight is 299 g/mol. The number of hydrogen-bond acceptors (Lipinski definition) is 6. The van der Waals surface area contributed by atoms with Gasteiger partial charge in [-0.2, -0.15) is 0 Å². The number of nitrogens with one attached hydrogen (secondary N) is 1. The largest absolute Gasteiger partial charge is 0.462 e. The lowest BCUT2D eigenvalue weighted by molar-refractivity contribution is -0.146. The Kier molecular flexibility index (Phi) is 6.52. The van der Waals surface area contributed by atoms with E-state index in [4.69, 9.17) is 21.1 Å². The summed E-state index contributed by atoms with van der Waals surface area (Å²) >= 11 is 5.66. The van der Waals surface area contributed by atoms with Crippen molar-refractivity contribution in [2.75, 3.05) is 18.5 Å². The predicted octanol–water partition coefficient (Wildman–Crippen LogP) is 2.16. The van der Waals surface area contributed by atoms with E-state index in [-0.39, 0.29) is 18.8 Å². The van der Waals surface area contributed by atoms with Gasteiger partial charge in [0.25, 0.3) is 0 Å². The fraction of sp³-hybridized carbons (Fsp3) is 0.308. The van der Waals surface area contributed by atoms with E-state index in [2.05, 4.69) is 10.3 Å². The zero-order chi connectivity index (χ0) is 15.0. The highest BCUT2D eigenvalue weighted by Gasteiger charge is 2.20. The van der Waals surface area contributed by atoms with Gasteiger partial charge in [0.1, 0.15) is 5.15 Å². The lowest BCUT2D eigenvalue weighted by Gasteiger charge is -2.07. The van der Waals surface area contributed by atoms with E-state index in [9.17, 15) is 9.59 Å².